The Kier molecular flexibility index (Phi) is 5.99. The summed E-state index contributed by atoms with van der Waals surface area (Å²) in [7, 11) is 2.01. The third-order valence-corrected chi connectivity index (χ3v) is 7.09. The van der Waals surface area contributed by atoms with Gasteiger partial charge in [-0.05, 0) is 26.1 Å². The molecule has 3 aliphatic rings. The van der Waals surface area contributed by atoms with Crippen LogP contribution in [0.1, 0.15) is 17.3 Å². The molecule has 1 aromatic carbocycles. The van der Waals surface area contributed by atoms with Gasteiger partial charge in [-0.3, -0.25) is 4.79 Å². The van der Waals surface area contributed by atoms with Gasteiger partial charge >= 0.3 is 0 Å². The predicted octanol–water partition coefficient (Wildman–Crippen LogP) is 2.33. The molecule has 0 bridgehead atoms. The Hall–Kier alpha value is -2.69. The number of aromatic nitrogens is 1. The molecule has 2 N–H and O–H groups in total. The fraction of sp³-hybridized carbons (Fsp3) is 0.478. The second kappa shape index (κ2) is 8.83. The fourth-order valence-electron chi connectivity index (χ4n) is 4.95. The van der Waals surface area contributed by atoms with E-state index < -0.39 is 22.9 Å². The summed E-state index contributed by atoms with van der Waals surface area (Å²) < 4.78 is 35.1. The summed E-state index contributed by atoms with van der Waals surface area (Å²) in [6, 6.07) is 1.51. The van der Waals surface area contributed by atoms with E-state index in [0.29, 0.717) is 32.0 Å². The molecule has 2 fully saturated rings. The summed E-state index contributed by atoms with van der Waals surface area (Å²) in [5, 5.41) is 13.5. The molecule has 3 aliphatic heterocycles. The predicted molar refractivity (Wildman–Crippen MR) is 124 cm³/mol. The number of nitrogens with zero attached hydrogens (tertiary/aromatic N) is 4. The number of nitrogens with one attached hydrogen (secondary N) is 1. The van der Waals surface area contributed by atoms with Gasteiger partial charge in [-0.15, -0.1) is 0 Å². The third kappa shape index (κ3) is 3.73. The van der Waals surface area contributed by atoms with Gasteiger partial charge in [0.15, 0.2) is 17.3 Å². The first-order valence-electron chi connectivity index (χ1n) is 11.3. The number of hydrogen-bond donors (Lipinski definition) is 2. The zero-order valence-corrected chi connectivity index (χ0v) is 19.7. The van der Waals surface area contributed by atoms with Gasteiger partial charge < -0.3 is 29.9 Å². The minimum absolute atomic E-state index is 0.0230. The number of hydrogen-bond acceptors (Lipinski definition) is 7. The number of likely N-dealkylation sites (N-methyl/N-ethyl adjacent to an activating group) is 1. The van der Waals surface area contributed by atoms with Crippen molar-refractivity contribution in [3.8, 4) is 22.8 Å². The summed E-state index contributed by atoms with van der Waals surface area (Å²) in [6.07, 6.45) is 0. The van der Waals surface area contributed by atoms with Crippen molar-refractivity contribution in [1.29, 1.82) is 0 Å². The maximum absolute atomic E-state index is 14.9. The third-order valence-electron chi connectivity index (χ3n) is 6.74. The highest BCUT2D eigenvalue weighted by molar-refractivity contribution is 6.35. The Morgan fingerprint density at radius 1 is 1.18 bits per heavy atom. The largest absolute Gasteiger partial charge is 0.504 e. The average Bonchev–Trinajstić information content (AvgIpc) is 2.96. The number of halogens is 3. The van der Waals surface area contributed by atoms with Gasteiger partial charge in [-0.25, -0.2) is 13.8 Å². The summed E-state index contributed by atoms with van der Waals surface area (Å²) in [5.41, 5.74) is -0.414. The van der Waals surface area contributed by atoms with Crippen molar-refractivity contribution in [2.45, 2.75) is 19.0 Å². The SMILES string of the molecule is C[C@H]1CN(C)CCN1c1nc(-c2c(F)ccc(F)c2O)c(Cl)c2c1C(=O)N1CCNCC1CO2. The van der Waals surface area contributed by atoms with Gasteiger partial charge in [-0.1, -0.05) is 11.6 Å². The first-order chi connectivity index (χ1) is 16.3. The highest BCUT2D eigenvalue weighted by atomic mass is 35.5. The summed E-state index contributed by atoms with van der Waals surface area (Å²) in [5.74, 6) is -2.66. The van der Waals surface area contributed by atoms with Gasteiger partial charge in [0, 0.05) is 45.3 Å². The molecule has 182 valence electrons. The Morgan fingerprint density at radius 2 is 1.94 bits per heavy atom. The maximum Gasteiger partial charge on any atom is 0.261 e. The molecule has 4 heterocycles. The van der Waals surface area contributed by atoms with Crippen LogP contribution >= 0.6 is 11.6 Å². The van der Waals surface area contributed by atoms with Crippen molar-refractivity contribution in [2.75, 3.05) is 57.8 Å². The van der Waals surface area contributed by atoms with Crippen LogP contribution in [0.3, 0.4) is 0 Å². The van der Waals surface area contributed by atoms with Crippen molar-refractivity contribution in [1.82, 2.24) is 20.1 Å². The molecular formula is C23H26ClF2N5O3. The Labute approximate surface area is 201 Å². The van der Waals surface area contributed by atoms with Crippen LogP contribution in [-0.4, -0.2) is 90.8 Å². The molecule has 2 saturated heterocycles. The number of benzene rings is 1. The second-order valence-electron chi connectivity index (χ2n) is 9.03. The molecule has 1 aromatic heterocycles. The second-order valence-corrected chi connectivity index (χ2v) is 9.41. The number of aromatic hydroxyl groups is 1. The quantitative estimate of drug-likeness (QED) is 0.664. The number of carbonyl (C=O) groups excluding carboxylic acids is 1. The number of carbonyl (C=O) groups is 1. The van der Waals surface area contributed by atoms with E-state index in [1.54, 1.807) is 4.90 Å². The van der Waals surface area contributed by atoms with Crippen LogP contribution in [-0.2, 0) is 0 Å². The van der Waals surface area contributed by atoms with Crippen molar-refractivity contribution < 1.29 is 23.4 Å². The van der Waals surface area contributed by atoms with Crippen molar-refractivity contribution in [3.63, 3.8) is 0 Å². The lowest BCUT2D eigenvalue weighted by atomic mass is 10.0. The van der Waals surface area contributed by atoms with Crippen LogP contribution in [0.15, 0.2) is 12.1 Å². The van der Waals surface area contributed by atoms with E-state index in [-0.39, 0.29) is 46.6 Å². The van der Waals surface area contributed by atoms with Crippen molar-refractivity contribution in [3.05, 3.63) is 34.4 Å². The van der Waals surface area contributed by atoms with Crippen LogP contribution < -0.4 is 15.0 Å². The molecule has 0 spiro atoms. The van der Waals surface area contributed by atoms with E-state index in [0.717, 1.165) is 25.2 Å². The Bertz CT molecular complexity index is 1150. The lowest BCUT2D eigenvalue weighted by molar-refractivity contribution is 0.0606. The number of rotatable bonds is 2. The molecule has 1 unspecified atom stereocenters. The van der Waals surface area contributed by atoms with Crippen LogP contribution in [0, 0.1) is 11.6 Å². The number of pyridine rings is 1. The van der Waals surface area contributed by atoms with Crippen LogP contribution in [0.2, 0.25) is 5.02 Å². The lowest BCUT2D eigenvalue weighted by Gasteiger charge is -2.40. The topological polar surface area (TPSA) is 81.2 Å². The van der Waals surface area contributed by atoms with Gasteiger partial charge in [0.05, 0.1) is 11.6 Å². The van der Waals surface area contributed by atoms with Crippen LogP contribution in [0.25, 0.3) is 11.3 Å². The minimum Gasteiger partial charge on any atom is -0.504 e. The van der Waals surface area contributed by atoms with Crippen LogP contribution in [0.4, 0.5) is 14.6 Å². The molecule has 1 amide bonds. The first-order valence-corrected chi connectivity index (χ1v) is 11.7. The fourth-order valence-corrected chi connectivity index (χ4v) is 5.24. The first kappa shape index (κ1) is 23.1. The molecule has 0 radical (unpaired) electrons. The number of anilines is 1. The number of amides is 1. The Morgan fingerprint density at radius 3 is 2.71 bits per heavy atom. The van der Waals surface area contributed by atoms with Crippen molar-refractivity contribution in [2.24, 2.45) is 0 Å². The highest BCUT2D eigenvalue weighted by Crippen LogP contribution is 2.46. The number of piperazine rings is 2. The normalized spacial score (nSPS) is 23.3. The number of fused-ring (bicyclic) bond motifs is 2. The molecule has 2 atom stereocenters. The summed E-state index contributed by atoms with van der Waals surface area (Å²) in [4.78, 5) is 24.3. The van der Waals surface area contributed by atoms with Crippen molar-refractivity contribution >= 4 is 23.3 Å². The maximum atomic E-state index is 14.9. The molecule has 5 rings (SSSR count). The molecule has 34 heavy (non-hydrogen) atoms. The standard InChI is InChI=1S/C23H26ClF2N5O3/c1-12-10-29(2)7-8-30(12)22-17-21(34-11-13-9-27-5-6-31(13)23(17)33)18(24)19(28-22)16-14(25)3-4-15(26)20(16)32/h3-4,12-13,27,32H,5-11H2,1-2H3/t12-,13?/m0/s1. The summed E-state index contributed by atoms with van der Waals surface area (Å²) >= 11 is 6.66. The van der Waals surface area contributed by atoms with E-state index >= 15 is 0 Å². The zero-order valence-electron chi connectivity index (χ0n) is 18.9. The molecular weight excluding hydrogens is 468 g/mol. The van der Waals surface area contributed by atoms with Gasteiger partial charge in [-0.2, -0.15) is 0 Å². The van der Waals surface area contributed by atoms with E-state index in [9.17, 15) is 18.7 Å². The molecule has 11 heteroatoms. The smallest absolute Gasteiger partial charge is 0.261 e. The highest BCUT2D eigenvalue weighted by Gasteiger charge is 2.40. The lowest BCUT2D eigenvalue weighted by Crippen LogP contribution is -2.55. The number of phenols is 1. The van der Waals surface area contributed by atoms with Gasteiger partial charge in [0.2, 0.25) is 0 Å². The monoisotopic (exact) mass is 493 g/mol. The molecule has 0 saturated carbocycles. The number of phenolic OH excluding ortho intramolecular Hbond substituents is 1. The summed E-state index contributed by atoms with van der Waals surface area (Å²) in [6.45, 7) is 5.93. The molecule has 8 nitrogen and oxygen atoms in total. The van der Waals surface area contributed by atoms with Gasteiger partial charge in [0.1, 0.15) is 34.5 Å². The zero-order chi connectivity index (χ0) is 24.1. The van der Waals surface area contributed by atoms with E-state index in [4.69, 9.17) is 16.3 Å². The van der Waals surface area contributed by atoms with E-state index in [1.165, 1.54) is 0 Å². The average molecular weight is 494 g/mol. The van der Waals surface area contributed by atoms with E-state index in [1.807, 2.05) is 18.9 Å². The van der Waals surface area contributed by atoms with Gasteiger partial charge in [0.25, 0.3) is 5.91 Å². The molecule has 2 aromatic rings. The number of ether oxygens (including phenoxy) is 1. The minimum atomic E-state index is -1.00. The van der Waals surface area contributed by atoms with Crippen LogP contribution in [0.5, 0.6) is 11.5 Å². The van der Waals surface area contributed by atoms with E-state index in [2.05, 4.69) is 15.2 Å². The Balaban J connectivity index is 1.75. The molecule has 0 aliphatic carbocycles.